The molecule has 0 atom stereocenters. The first-order chi connectivity index (χ1) is 14.1. The normalized spacial score (nSPS) is 10.4. The van der Waals surface area contributed by atoms with Gasteiger partial charge >= 0.3 is 0 Å². The number of hydrogen-bond acceptors (Lipinski definition) is 4. The molecule has 0 aliphatic heterocycles. The number of nitrogens with one attached hydrogen (secondary N) is 1. The lowest BCUT2D eigenvalue weighted by atomic mass is 10.1. The van der Waals surface area contributed by atoms with Gasteiger partial charge in [-0.3, -0.25) is 4.79 Å². The van der Waals surface area contributed by atoms with E-state index in [0.29, 0.717) is 31.7 Å². The minimum absolute atomic E-state index is 0.0336. The van der Waals surface area contributed by atoms with E-state index >= 15 is 0 Å². The first-order valence-electron chi connectivity index (χ1n) is 9.52. The first-order valence-corrected chi connectivity index (χ1v) is 9.52. The van der Waals surface area contributed by atoms with Gasteiger partial charge in [-0.15, -0.1) is 0 Å². The van der Waals surface area contributed by atoms with E-state index in [1.807, 2.05) is 60.7 Å². The highest BCUT2D eigenvalue weighted by atomic mass is 16.5. The number of phenols is 1. The van der Waals surface area contributed by atoms with Crippen molar-refractivity contribution in [3.8, 4) is 17.2 Å². The summed E-state index contributed by atoms with van der Waals surface area (Å²) in [6.07, 6.45) is 0.979. The van der Waals surface area contributed by atoms with Crippen LogP contribution in [0.3, 0.4) is 0 Å². The second-order valence-electron chi connectivity index (χ2n) is 6.70. The summed E-state index contributed by atoms with van der Waals surface area (Å²) in [4.78, 5) is 12.2. The minimum Gasteiger partial charge on any atom is -0.504 e. The van der Waals surface area contributed by atoms with Crippen molar-refractivity contribution in [1.82, 2.24) is 5.32 Å². The average Bonchev–Trinajstić information content (AvgIpc) is 2.75. The van der Waals surface area contributed by atoms with Crippen LogP contribution in [0.2, 0.25) is 0 Å². The Labute approximate surface area is 170 Å². The van der Waals surface area contributed by atoms with Crippen molar-refractivity contribution in [2.45, 2.75) is 19.4 Å². The second kappa shape index (κ2) is 10.2. The van der Waals surface area contributed by atoms with E-state index in [4.69, 9.17) is 9.47 Å². The van der Waals surface area contributed by atoms with Crippen LogP contribution in [0.1, 0.15) is 16.7 Å². The lowest BCUT2D eigenvalue weighted by Crippen LogP contribution is -2.27. The van der Waals surface area contributed by atoms with Crippen LogP contribution in [0.15, 0.2) is 72.8 Å². The van der Waals surface area contributed by atoms with Gasteiger partial charge in [0.25, 0.3) is 0 Å². The topological polar surface area (TPSA) is 67.8 Å². The largest absolute Gasteiger partial charge is 0.504 e. The number of benzene rings is 3. The molecule has 0 aliphatic carbocycles. The van der Waals surface area contributed by atoms with Crippen LogP contribution in [0, 0.1) is 0 Å². The molecule has 0 heterocycles. The van der Waals surface area contributed by atoms with Crippen molar-refractivity contribution in [2.24, 2.45) is 0 Å². The van der Waals surface area contributed by atoms with E-state index in [-0.39, 0.29) is 11.7 Å². The Morgan fingerprint density at radius 1 is 0.931 bits per heavy atom. The fourth-order valence-electron chi connectivity index (χ4n) is 2.92. The molecule has 0 spiro atoms. The van der Waals surface area contributed by atoms with Gasteiger partial charge < -0.3 is 19.9 Å². The van der Waals surface area contributed by atoms with Crippen LogP contribution in [0.4, 0.5) is 0 Å². The third-order valence-corrected chi connectivity index (χ3v) is 4.52. The highest BCUT2D eigenvalue weighted by Crippen LogP contribution is 2.26. The molecule has 0 fully saturated rings. The number of phenolic OH excluding ortho intramolecular Hbond substituents is 1. The average molecular weight is 391 g/mol. The molecular weight excluding hydrogens is 366 g/mol. The standard InChI is InChI=1S/C24H25NO4/c1-28-23-15-19(9-12-22(23)26)13-14-25-24(27)16-18-7-10-21(11-8-18)29-17-20-5-3-2-4-6-20/h2-12,15,26H,13-14,16-17H2,1H3,(H,25,27). The van der Waals surface area contributed by atoms with Crippen LogP contribution < -0.4 is 14.8 Å². The molecule has 0 aliphatic rings. The third kappa shape index (κ3) is 6.28. The van der Waals surface area contributed by atoms with Gasteiger partial charge in [0.05, 0.1) is 13.5 Å². The molecule has 0 saturated carbocycles. The maximum atomic E-state index is 12.2. The van der Waals surface area contributed by atoms with Gasteiger partial charge in [0.15, 0.2) is 11.5 Å². The van der Waals surface area contributed by atoms with Crippen molar-refractivity contribution in [3.63, 3.8) is 0 Å². The van der Waals surface area contributed by atoms with E-state index < -0.39 is 0 Å². The van der Waals surface area contributed by atoms with E-state index in [1.165, 1.54) is 7.11 Å². The second-order valence-corrected chi connectivity index (χ2v) is 6.70. The minimum atomic E-state index is -0.0336. The van der Waals surface area contributed by atoms with Crippen LogP contribution in [0.5, 0.6) is 17.2 Å². The summed E-state index contributed by atoms with van der Waals surface area (Å²) in [5, 5.41) is 12.5. The van der Waals surface area contributed by atoms with Crippen molar-refractivity contribution in [1.29, 1.82) is 0 Å². The van der Waals surface area contributed by atoms with Crippen LogP contribution in [-0.4, -0.2) is 24.7 Å². The van der Waals surface area contributed by atoms with Gasteiger partial charge in [0.2, 0.25) is 5.91 Å². The summed E-state index contributed by atoms with van der Waals surface area (Å²) in [6, 6.07) is 22.8. The lowest BCUT2D eigenvalue weighted by molar-refractivity contribution is -0.120. The van der Waals surface area contributed by atoms with Crippen LogP contribution in [0.25, 0.3) is 0 Å². The molecule has 150 valence electrons. The van der Waals surface area contributed by atoms with E-state index in [1.54, 1.807) is 12.1 Å². The zero-order valence-corrected chi connectivity index (χ0v) is 16.4. The van der Waals surface area contributed by atoms with Gasteiger partial charge in [-0.05, 0) is 47.4 Å². The molecule has 5 heteroatoms. The number of methoxy groups -OCH3 is 1. The summed E-state index contributed by atoms with van der Waals surface area (Å²) in [6.45, 7) is 1.04. The molecule has 1 amide bonds. The zero-order valence-electron chi connectivity index (χ0n) is 16.4. The first kappa shape index (κ1) is 20.3. The van der Waals surface area contributed by atoms with Gasteiger partial charge in [-0.25, -0.2) is 0 Å². The lowest BCUT2D eigenvalue weighted by Gasteiger charge is -2.09. The quantitative estimate of drug-likeness (QED) is 0.581. The molecule has 0 saturated heterocycles. The number of aromatic hydroxyl groups is 1. The van der Waals surface area contributed by atoms with Crippen molar-refractivity contribution in [3.05, 3.63) is 89.5 Å². The summed E-state index contributed by atoms with van der Waals surface area (Å²) in [5.74, 6) is 1.29. The van der Waals surface area contributed by atoms with E-state index in [9.17, 15) is 9.90 Å². The Morgan fingerprint density at radius 3 is 2.38 bits per heavy atom. The van der Waals surface area contributed by atoms with E-state index in [0.717, 1.165) is 22.4 Å². The molecule has 3 aromatic rings. The molecule has 29 heavy (non-hydrogen) atoms. The molecule has 2 N–H and O–H groups in total. The molecular formula is C24H25NO4. The Balaban J connectivity index is 1.42. The number of rotatable bonds is 9. The smallest absolute Gasteiger partial charge is 0.224 e. The predicted octanol–water partition coefficient (Wildman–Crippen LogP) is 3.88. The van der Waals surface area contributed by atoms with Gasteiger partial charge in [0.1, 0.15) is 12.4 Å². The summed E-state index contributed by atoms with van der Waals surface area (Å²) in [7, 11) is 1.51. The number of ether oxygens (including phenoxy) is 2. The monoisotopic (exact) mass is 391 g/mol. The molecule has 3 aromatic carbocycles. The summed E-state index contributed by atoms with van der Waals surface area (Å²) >= 11 is 0. The highest BCUT2D eigenvalue weighted by Gasteiger charge is 2.06. The molecule has 0 bridgehead atoms. The maximum Gasteiger partial charge on any atom is 0.224 e. The Bertz CT molecular complexity index is 923. The number of carbonyl (C=O) groups excluding carboxylic acids is 1. The number of hydrogen-bond donors (Lipinski definition) is 2. The number of amides is 1. The Hall–Kier alpha value is -3.47. The van der Waals surface area contributed by atoms with Gasteiger partial charge in [-0.1, -0.05) is 48.5 Å². The van der Waals surface area contributed by atoms with Gasteiger partial charge in [0, 0.05) is 6.54 Å². The van der Waals surface area contributed by atoms with Crippen molar-refractivity contribution < 1.29 is 19.4 Å². The molecule has 5 nitrogen and oxygen atoms in total. The number of carbonyl (C=O) groups is 1. The SMILES string of the molecule is COc1cc(CCNC(=O)Cc2ccc(OCc3ccccc3)cc2)ccc1O. The maximum absolute atomic E-state index is 12.2. The van der Waals surface area contributed by atoms with Gasteiger partial charge in [-0.2, -0.15) is 0 Å². The van der Waals surface area contributed by atoms with Crippen LogP contribution in [-0.2, 0) is 24.2 Å². The Kier molecular flexibility index (Phi) is 7.11. The highest BCUT2D eigenvalue weighted by molar-refractivity contribution is 5.78. The van der Waals surface area contributed by atoms with Crippen molar-refractivity contribution >= 4 is 5.91 Å². The van der Waals surface area contributed by atoms with Crippen molar-refractivity contribution in [2.75, 3.05) is 13.7 Å². The van der Waals surface area contributed by atoms with Crippen LogP contribution >= 0.6 is 0 Å². The predicted molar refractivity (Wildman–Crippen MR) is 112 cm³/mol. The molecule has 0 aromatic heterocycles. The summed E-state index contributed by atoms with van der Waals surface area (Å²) in [5.41, 5.74) is 3.03. The third-order valence-electron chi connectivity index (χ3n) is 4.52. The fraction of sp³-hybridized carbons (Fsp3) is 0.208. The van der Waals surface area contributed by atoms with E-state index in [2.05, 4.69) is 5.32 Å². The Morgan fingerprint density at radius 2 is 1.66 bits per heavy atom. The molecule has 0 unspecified atom stereocenters. The fourth-order valence-corrected chi connectivity index (χ4v) is 2.92. The molecule has 3 rings (SSSR count). The molecule has 0 radical (unpaired) electrons. The summed E-state index contributed by atoms with van der Waals surface area (Å²) < 4.78 is 10.9. The zero-order chi connectivity index (χ0) is 20.5.